The first-order chi connectivity index (χ1) is 9.56. The average molecular weight is 270 g/mol. The van der Waals surface area contributed by atoms with E-state index in [2.05, 4.69) is 5.32 Å². The zero-order valence-corrected chi connectivity index (χ0v) is 11.1. The molecule has 4 heteroatoms. The van der Waals surface area contributed by atoms with Crippen LogP contribution in [0.3, 0.4) is 0 Å². The van der Waals surface area contributed by atoms with Gasteiger partial charge < -0.3 is 11.1 Å². The molecule has 0 saturated heterocycles. The van der Waals surface area contributed by atoms with E-state index in [1.54, 1.807) is 49.4 Å². The molecule has 20 heavy (non-hydrogen) atoms. The molecule has 2 rings (SSSR count). The summed E-state index contributed by atoms with van der Waals surface area (Å²) in [6, 6.07) is 11.7. The molecular weight excluding hydrogens is 255 g/mol. The van der Waals surface area contributed by atoms with Gasteiger partial charge in [0.15, 0.2) is 0 Å². The van der Waals surface area contributed by atoms with E-state index in [9.17, 15) is 9.18 Å². The van der Waals surface area contributed by atoms with Gasteiger partial charge in [0.05, 0.1) is 5.69 Å². The topological polar surface area (TPSA) is 55.1 Å². The molecule has 0 aromatic heterocycles. The van der Waals surface area contributed by atoms with Crippen molar-refractivity contribution in [3.63, 3.8) is 0 Å². The van der Waals surface area contributed by atoms with Crippen molar-refractivity contribution in [2.24, 2.45) is 0 Å². The van der Waals surface area contributed by atoms with Crippen LogP contribution in [0.5, 0.6) is 0 Å². The van der Waals surface area contributed by atoms with E-state index >= 15 is 0 Å². The van der Waals surface area contributed by atoms with Crippen LogP contribution in [-0.2, 0) is 4.79 Å². The molecular formula is C16H15FN2O. The van der Waals surface area contributed by atoms with E-state index in [0.717, 1.165) is 5.56 Å². The minimum Gasteiger partial charge on any atom is -0.399 e. The van der Waals surface area contributed by atoms with Crippen molar-refractivity contribution >= 4 is 23.4 Å². The van der Waals surface area contributed by atoms with Gasteiger partial charge in [-0.2, -0.15) is 0 Å². The van der Waals surface area contributed by atoms with Crippen molar-refractivity contribution in [2.75, 3.05) is 11.1 Å². The summed E-state index contributed by atoms with van der Waals surface area (Å²) >= 11 is 0. The molecule has 0 unspecified atom stereocenters. The summed E-state index contributed by atoms with van der Waals surface area (Å²) in [6.07, 6.45) is 3.00. The molecule has 0 atom stereocenters. The van der Waals surface area contributed by atoms with Crippen LogP contribution < -0.4 is 11.1 Å². The molecule has 0 fully saturated rings. The first-order valence-corrected chi connectivity index (χ1v) is 6.16. The van der Waals surface area contributed by atoms with Crippen LogP contribution in [0.2, 0.25) is 0 Å². The van der Waals surface area contributed by atoms with Crippen LogP contribution in [0.4, 0.5) is 15.8 Å². The molecule has 0 aliphatic rings. The predicted molar refractivity (Wildman–Crippen MR) is 79.7 cm³/mol. The number of carbonyl (C=O) groups is 1. The highest BCUT2D eigenvalue weighted by Gasteiger charge is 2.06. The summed E-state index contributed by atoms with van der Waals surface area (Å²) in [5, 5.41) is 2.53. The average Bonchev–Trinajstić information content (AvgIpc) is 2.42. The highest BCUT2D eigenvalue weighted by Crippen LogP contribution is 2.18. The molecule has 0 radical (unpaired) electrons. The van der Waals surface area contributed by atoms with Crippen LogP contribution >= 0.6 is 0 Å². The van der Waals surface area contributed by atoms with Gasteiger partial charge in [0.25, 0.3) is 0 Å². The number of rotatable bonds is 3. The van der Waals surface area contributed by atoms with Gasteiger partial charge in [-0.15, -0.1) is 0 Å². The van der Waals surface area contributed by atoms with E-state index in [-0.39, 0.29) is 11.6 Å². The third-order valence-corrected chi connectivity index (χ3v) is 2.83. The lowest BCUT2D eigenvalue weighted by Gasteiger charge is -2.07. The largest absolute Gasteiger partial charge is 0.399 e. The summed E-state index contributed by atoms with van der Waals surface area (Å²) in [7, 11) is 0. The van der Waals surface area contributed by atoms with Crippen molar-refractivity contribution in [1.82, 2.24) is 0 Å². The Morgan fingerprint density at radius 1 is 1.20 bits per heavy atom. The van der Waals surface area contributed by atoms with Crippen LogP contribution in [-0.4, -0.2) is 5.91 Å². The van der Waals surface area contributed by atoms with Crippen molar-refractivity contribution < 1.29 is 9.18 Å². The number of aryl methyl sites for hydroxylation is 1. The molecule has 0 saturated carbocycles. The van der Waals surface area contributed by atoms with Crippen molar-refractivity contribution in [1.29, 1.82) is 0 Å². The number of hydrogen-bond acceptors (Lipinski definition) is 2. The molecule has 0 heterocycles. The number of hydrogen-bond donors (Lipinski definition) is 2. The van der Waals surface area contributed by atoms with Crippen molar-refractivity contribution in [3.8, 4) is 0 Å². The van der Waals surface area contributed by atoms with Gasteiger partial charge in [0.1, 0.15) is 5.82 Å². The normalized spacial score (nSPS) is 10.7. The first-order valence-electron chi connectivity index (χ1n) is 6.16. The zero-order valence-electron chi connectivity index (χ0n) is 11.1. The lowest BCUT2D eigenvalue weighted by molar-refractivity contribution is -0.111. The minimum absolute atomic E-state index is 0.208. The van der Waals surface area contributed by atoms with Gasteiger partial charge in [-0.25, -0.2) is 4.39 Å². The Kier molecular flexibility index (Phi) is 4.15. The summed E-state index contributed by atoms with van der Waals surface area (Å²) in [5.74, 6) is -0.825. The van der Waals surface area contributed by atoms with E-state index in [1.165, 1.54) is 12.1 Å². The first kappa shape index (κ1) is 13.8. The van der Waals surface area contributed by atoms with Crippen LogP contribution in [0.1, 0.15) is 11.1 Å². The highest BCUT2D eigenvalue weighted by atomic mass is 19.1. The van der Waals surface area contributed by atoms with Crippen LogP contribution in [0.25, 0.3) is 6.08 Å². The highest BCUT2D eigenvalue weighted by molar-refractivity contribution is 6.02. The van der Waals surface area contributed by atoms with Gasteiger partial charge in [0, 0.05) is 11.8 Å². The third kappa shape index (κ3) is 3.45. The molecule has 3 N–H and O–H groups in total. The Hall–Kier alpha value is -2.62. The number of benzene rings is 2. The fourth-order valence-corrected chi connectivity index (χ4v) is 1.73. The van der Waals surface area contributed by atoms with Crippen LogP contribution in [0, 0.1) is 12.7 Å². The standard InChI is InChI=1S/C16H15FN2O/c1-11-3-2-4-14(17)16(11)19-15(20)10-7-12-5-8-13(18)9-6-12/h2-10H,18H2,1H3,(H,19,20)/b10-7+. The second kappa shape index (κ2) is 6.02. The SMILES string of the molecule is Cc1cccc(F)c1NC(=O)/C=C/c1ccc(N)cc1. The number of halogens is 1. The zero-order chi connectivity index (χ0) is 14.5. The number of amides is 1. The van der Waals surface area contributed by atoms with Gasteiger partial charge in [-0.05, 0) is 42.3 Å². The lowest BCUT2D eigenvalue weighted by atomic mass is 10.2. The monoisotopic (exact) mass is 270 g/mol. The van der Waals surface area contributed by atoms with E-state index in [4.69, 9.17) is 5.73 Å². The third-order valence-electron chi connectivity index (χ3n) is 2.83. The molecule has 1 amide bonds. The number of nitrogens with one attached hydrogen (secondary N) is 1. The van der Waals surface area contributed by atoms with Gasteiger partial charge >= 0.3 is 0 Å². The summed E-state index contributed by atoms with van der Waals surface area (Å²) in [4.78, 5) is 11.8. The van der Waals surface area contributed by atoms with Gasteiger partial charge in [-0.3, -0.25) is 4.79 Å². The minimum atomic E-state index is -0.445. The number of anilines is 2. The number of nitrogens with two attached hydrogens (primary N) is 1. The van der Waals surface area contributed by atoms with Gasteiger partial charge in [-0.1, -0.05) is 24.3 Å². The molecule has 2 aromatic rings. The predicted octanol–water partition coefficient (Wildman–Crippen LogP) is 3.37. The maximum atomic E-state index is 13.6. The molecule has 0 aliphatic carbocycles. The van der Waals surface area contributed by atoms with Crippen LogP contribution in [0.15, 0.2) is 48.5 Å². The van der Waals surface area contributed by atoms with E-state index in [1.807, 2.05) is 0 Å². The second-order valence-corrected chi connectivity index (χ2v) is 4.42. The lowest BCUT2D eigenvalue weighted by Crippen LogP contribution is -2.10. The smallest absolute Gasteiger partial charge is 0.248 e. The fraction of sp³-hybridized carbons (Fsp3) is 0.0625. The number of para-hydroxylation sites is 1. The Morgan fingerprint density at radius 3 is 2.55 bits per heavy atom. The van der Waals surface area contributed by atoms with E-state index < -0.39 is 5.82 Å². The van der Waals surface area contributed by atoms with E-state index in [0.29, 0.717) is 11.3 Å². The molecule has 2 aromatic carbocycles. The van der Waals surface area contributed by atoms with Crippen molar-refractivity contribution in [3.05, 3.63) is 65.5 Å². The maximum absolute atomic E-state index is 13.6. The molecule has 0 spiro atoms. The Morgan fingerprint density at radius 2 is 1.90 bits per heavy atom. The summed E-state index contributed by atoms with van der Waals surface area (Å²) < 4.78 is 13.6. The number of carbonyl (C=O) groups excluding carboxylic acids is 1. The second-order valence-electron chi connectivity index (χ2n) is 4.42. The quantitative estimate of drug-likeness (QED) is 0.663. The number of nitrogen functional groups attached to an aromatic ring is 1. The van der Waals surface area contributed by atoms with Gasteiger partial charge in [0.2, 0.25) is 5.91 Å². The molecule has 0 aliphatic heterocycles. The molecule has 3 nitrogen and oxygen atoms in total. The Balaban J connectivity index is 2.07. The Labute approximate surface area is 116 Å². The fourth-order valence-electron chi connectivity index (χ4n) is 1.73. The summed E-state index contributed by atoms with van der Waals surface area (Å²) in [6.45, 7) is 1.74. The summed E-state index contributed by atoms with van der Waals surface area (Å²) in [5.41, 5.74) is 7.97. The van der Waals surface area contributed by atoms with Crippen molar-refractivity contribution in [2.45, 2.75) is 6.92 Å². The molecule has 0 bridgehead atoms. The maximum Gasteiger partial charge on any atom is 0.248 e. The molecule has 102 valence electrons. The Bertz CT molecular complexity index is 628.